The molecule has 3 aromatic rings. The van der Waals surface area contributed by atoms with E-state index in [4.69, 9.17) is 30.5 Å². The summed E-state index contributed by atoms with van der Waals surface area (Å²) < 4.78 is 21.9. The molecule has 1 fully saturated rings. The molecule has 1 unspecified atom stereocenters. The van der Waals surface area contributed by atoms with Crippen molar-refractivity contribution in [2.75, 3.05) is 31.7 Å². The van der Waals surface area contributed by atoms with Gasteiger partial charge in [-0.25, -0.2) is 9.59 Å². The van der Waals surface area contributed by atoms with Gasteiger partial charge in [-0.05, 0) is 49.6 Å². The average molecular weight is 544 g/mol. The highest BCUT2D eigenvalue weighted by Crippen LogP contribution is 2.43. The summed E-state index contributed by atoms with van der Waals surface area (Å²) in [5.41, 5.74) is 1.61. The Morgan fingerprint density at radius 2 is 1.81 bits per heavy atom. The van der Waals surface area contributed by atoms with E-state index in [2.05, 4.69) is 5.32 Å². The van der Waals surface area contributed by atoms with Crippen molar-refractivity contribution < 1.29 is 33.3 Å². The number of ether oxygens (including phenoxy) is 4. The molecule has 2 aromatic carbocycles. The number of hydrogen-bond acceptors (Lipinski definition) is 8. The minimum absolute atomic E-state index is 0.0921. The Morgan fingerprint density at radius 3 is 2.49 bits per heavy atom. The lowest BCUT2D eigenvalue weighted by Gasteiger charge is -2.11. The number of benzene rings is 2. The van der Waals surface area contributed by atoms with Crippen LogP contribution in [0, 0.1) is 0 Å². The molecule has 0 aliphatic carbocycles. The zero-order valence-electron chi connectivity index (χ0n) is 20.2. The van der Waals surface area contributed by atoms with Crippen molar-refractivity contribution in [1.29, 1.82) is 0 Å². The molecule has 1 saturated heterocycles. The number of thiophene rings is 1. The number of carbonyl (C=O) groups is 3. The van der Waals surface area contributed by atoms with Crippen LogP contribution in [0.15, 0.2) is 54.6 Å². The first kappa shape index (κ1) is 26.7. The Balaban J connectivity index is 1.37. The van der Waals surface area contributed by atoms with E-state index < -0.39 is 24.5 Å². The summed E-state index contributed by atoms with van der Waals surface area (Å²) >= 11 is 7.48. The highest BCUT2D eigenvalue weighted by atomic mass is 35.5. The first-order chi connectivity index (χ1) is 18.0. The van der Waals surface area contributed by atoms with Crippen molar-refractivity contribution >= 4 is 45.8 Å². The lowest BCUT2D eigenvalue weighted by Crippen LogP contribution is -2.21. The van der Waals surface area contributed by atoms with Crippen LogP contribution in [0.4, 0.5) is 5.00 Å². The number of esters is 2. The van der Waals surface area contributed by atoms with E-state index in [1.807, 2.05) is 30.3 Å². The number of anilines is 1. The fourth-order valence-electron chi connectivity index (χ4n) is 3.78. The topological polar surface area (TPSA) is 100 Å². The molecule has 1 N–H and O–H groups in total. The highest BCUT2D eigenvalue weighted by molar-refractivity contribution is 7.21. The second-order valence-corrected chi connectivity index (χ2v) is 9.76. The maximum Gasteiger partial charge on any atom is 0.341 e. The van der Waals surface area contributed by atoms with Crippen LogP contribution in [-0.4, -0.2) is 50.4 Å². The maximum atomic E-state index is 12.7. The summed E-state index contributed by atoms with van der Waals surface area (Å²) in [7, 11) is 0. The van der Waals surface area contributed by atoms with Crippen LogP contribution in [0.2, 0.25) is 4.34 Å². The monoisotopic (exact) mass is 543 g/mol. The molecule has 1 aliphatic rings. The molecular formula is C27H26ClNO7S. The predicted molar refractivity (Wildman–Crippen MR) is 141 cm³/mol. The molecule has 2 heterocycles. The zero-order valence-corrected chi connectivity index (χ0v) is 21.7. The quantitative estimate of drug-likeness (QED) is 0.332. The molecule has 194 valence electrons. The van der Waals surface area contributed by atoms with Gasteiger partial charge in [0.2, 0.25) is 0 Å². The molecule has 4 rings (SSSR count). The molecule has 8 nitrogen and oxygen atoms in total. The van der Waals surface area contributed by atoms with E-state index in [9.17, 15) is 14.4 Å². The molecule has 1 atom stereocenters. The second kappa shape index (κ2) is 12.7. The Bertz CT molecular complexity index is 1240. The van der Waals surface area contributed by atoms with Crippen LogP contribution in [-0.2, 0) is 19.0 Å². The Hall–Kier alpha value is -3.40. The molecule has 37 heavy (non-hydrogen) atoms. The van der Waals surface area contributed by atoms with Gasteiger partial charge >= 0.3 is 11.9 Å². The van der Waals surface area contributed by atoms with Gasteiger partial charge in [0.15, 0.2) is 6.61 Å². The van der Waals surface area contributed by atoms with Crippen molar-refractivity contribution in [2.45, 2.75) is 25.9 Å². The van der Waals surface area contributed by atoms with Crippen LogP contribution >= 0.6 is 22.9 Å². The van der Waals surface area contributed by atoms with E-state index in [-0.39, 0.29) is 28.8 Å². The van der Waals surface area contributed by atoms with E-state index in [0.717, 1.165) is 30.8 Å². The van der Waals surface area contributed by atoms with Crippen molar-refractivity contribution in [3.63, 3.8) is 0 Å². The first-order valence-corrected chi connectivity index (χ1v) is 13.0. The van der Waals surface area contributed by atoms with Crippen molar-refractivity contribution in [2.24, 2.45) is 0 Å². The normalized spacial score (nSPS) is 14.7. The maximum absolute atomic E-state index is 12.7. The van der Waals surface area contributed by atoms with Crippen molar-refractivity contribution in [3.8, 4) is 16.9 Å². The number of hydrogen-bond donors (Lipinski definition) is 1. The molecule has 0 saturated carbocycles. The van der Waals surface area contributed by atoms with E-state index in [0.29, 0.717) is 27.8 Å². The van der Waals surface area contributed by atoms with Crippen LogP contribution in [0.25, 0.3) is 11.1 Å². The van der Waals surface area contributed by atoms with Gasteiger partial charge in [-0.3, -0.25) is 4.79 Å². The van der Waals surface area contributed by atoms with Gasteiger partial charge in [0.1, 0.15) is 27.3 Å². The van der Waals surface area contributed by atoms with E-state index >= 15 is 0 Å². The number of amides is 1. The van der Waals surface area contributed by atoms with Gasteiger partial charge < -0.3 is 24.3 Å². The molecule has 1 amide bonds. The second-order valence-electron chi connectivity index (χ2n) is 8.14. The lowest BCUT2D eigenvalue weighted by atomic mass is 10.0. The standard InChI is InChI=1S/C27H26ClNO7S/c1-2-33-27(32)23-22(17-7-4-3-5-8-17)24(28)37-25(23)29-21(30)16-36-26(31)18-10-12-19(13-11-18)35-15-20-9-6-14-34-20/h3-5,7-8,10-13,20H,2,6,9,14-16H2,1H3,(H,29,30). The third kappa shape index (κ3) is 6.88. The van der Waals surface area contributed by atoms with Gasteiger partial charge in [0.05, 0.1) is 18.3 Å². The number of carbonyl (C=O) groups excluding carboxylic acids is 3. The third-order valence-corrected chi connectivity index (χ3v) is 6.86. The van der Waals surface area contributed by atoms with Gasteiger partial charge in [0.25, 0.3) is 5.91 Å². The van der Waals surface area contributed by atoms with Gasteiger partial charge in [0, 0.05) is 12.2 Å². The fraction of sp³-hybridized carbons (Fsp3) is 0.296. The summed E-state index contributed by atoms with van der Waals surface area (Å²) in [5.74, 6) is -1.28. The molecule has 10 heteroatoms. The lowest BCUT2D eigenvalue weighted by molar-refractivity contribution is -0.119. The minimum atomic E-state index is -0.666. The molecular weight excluding hydrogens is 518 g/mol. The first-order valence-electron chi connectivity index (χ1n) is 11.8. The summed E-state index contributed by atoms with van der Waals surface area (Å²) in [6, 6.07) is 15.6. The number of halogens is 1. The Kier molecular flexibility index (Phi) is 9.16. The van der Waals surface area contributed by atoms with Crippen LogP contribution in [0.3, 0.4) is 0 Å². The molecule has 0 bridgehead atoms. The fourth-order valence-corrected chi connectivity index (χ4v) is 5.17. The molecule has 0 spiro atoms. The van der Waals surface area contributed by atoms with Gasteiger partial charge in [-0.2, -0.15) is 0 Å². The summed E-state index contributed by atoms with van der Waals surface area (Å²) in [6.07, 6.45) is 2.10. The smallest absolute Gasteiger partial charge is 0.341 e. The van der Waals surface area contributed by atoms with E-state index in [1.54, 1.807) is 31.2 Å². The predicted octanol–water partition coefficient (Wildman–Crippen LogP) is 5.60. The number of nitrogens with one attached hydrogen (secondary N) is 1. The zero-order chi connectivity index (χ0) is 26.2. The summed E-state index contributed by atoms with van der Waals surface area (Å²) in [5, 5.41) is 2.84. The van der Waals surface area contributed by atoms with Gasteiger partial charge in [-0.15, -0.1) is 11.3 Å². The highest BCUT2D eigenvalue weighted by Gasteiger charge is 2.26. The molecule has 1 aliphatic heterocycles. The SMILES string of the molecule is CCOC(=O)c1c(NC(=O)COC(=O)c2ccc(OCC3CCCO3)cc2)sc(Cl)c1-c1ccccc1. The van der Waals surface area contributed by atoms with Crippen LogP contribution in [0.1, 0.15) is 40.5 Å². The van der Waals surface area contributed by atoms with Crippen LogP contribution in [0.5, 0.6) is 5.75 Å². The van der Waals surface area contributed by atoms with Crippen molar-refractivity contribution in [3.05, 3.63) is 70.1 Å². The van der Waals surface area contributed by atoms with Crippen LogP contribution < -0.4 is 10.1 Å². The molecule has 0 radical (unpaired) electrons. The van der Waals surface area contributed by atoms with Crippen molar-refractivity contribution in [1.82, 2.24) is 0 Å². The molecule has 1 aromatic heterocycles. The summed E-state index contributed by atoms with van der Waals surface area (Å²) in [6.45, 7) is 2.51. The minimum Gasteiger partial charge on any atom is -0.491 e. The van der Waals surface area contributed by atoms with Gasteiger partial charge in [-0.1, -0.05) is 41.9 Å². The Morgan fingerprint density at radius 1 is 1.05 bits per heavy atom. The summed E-state index contributed by atoms with van der Waals surface area (Å²) in [4.78, 5) is 37.7. The third-order valence-electron chi connectivity index (χ3n) is 5.54. The Labute approximate surface area is 223 Å². The average Bonchev–Trinajstić information content (AvgIpc) is 3.54. The number of rotatable bonds is 10. The van der Waals surface area contributed by atoms with E-state index in [1.165, 1.54) is 0 Å². The largest absolute Gasteiger partial charge is 0.491 e.